The fourth-order valence-electron chi connectivity index (χ4n) is 3.42. The first-order chi connectivity index (χ1) is 17.0. The maximum Gasteiger partial charge on any atom is 0.277 e. The van der Waals surface area contributed by atoms with Crippen molar-refractivity contribution in [3.63, 3.8) is 0 Å². The molecule has 4 aromatic carbocycles. The minimum Gasteiger partial charge on any atom is -0.507 e. The predicted octanol–water partition coefficient (Wildman–Crippen LogP) is 6.61. The minimum atomic E-state index is -0.416. The molecular weight excluding hydrogens is 440 g/mol. The highest BCUT2D eigenvalue weighted by Crippen LogP contribution is 2.28. The lowest BCUT2D eigenvalue weighted by molar-refractivity contribution is -0.123. The van der Waals surface area contributed by atoms with Crippen molar-refractivity contribution in [2.24, 2.45) is 15.3 Å². The molecule has 0 heterocycles. The van der Waals surface area contributed by atoms with Crippen LogP contribution in [0.1, 0.15) is 30.9 Å². The van der Waals surface area contributed by atoms with Crippen LogP contribution in [0, 0.1) is 0 Å². The number of benzene rings is 4. The zero-order valence-corrected chi connectivity index (χ0v) is 19.6. The van der Waals surface area contributed by atoms with Gasteiger partial charge in [-0.25, -0.2) is 5.43 Å². The van der Waals surface area contributed by atoms with Gasteiger partial charge in [-0.1, -0.05) is 62.4 Å². The summed E-state index contributed by atoms with van der Waals surface area (Å²) in [7, 11) is 0. The second-order valence-electron chi connectivity index (χ2n) is 8.25. The number of rotatable bonds is 8. The van der Waals surface area contributed by atoms with Crippen LogP contribution in [0.3, 0.4) is 0 Å². The first-order valence-electron chi connectivity index (χ1n) is 11.3. The van der Waals surface area contributed by atoms with Crippen molar-refractivity contribution in [3.05, 3.63) is 96.1 Å². The van der Waals surface area contributed by atoms with Crippen LogP contribution < -0.4 is 10.2 Å². The van der Waals surface area contributed by atoms with Crippen LogP contribution in [-0.4, -0.2) is 23.8 Å². The Morgan fingerprint density at radius 2 is 1.74 bits per heavy atom. The Bertz CT molecular complexity index is 1370. The maximum atomic E-state index is 12.1. The summed E-state index contributed by atoms with van der Waals surface area (Å²) in [6.07, 6.45) is 1.35. The molecule has 0 radical (unpaired) electrons. The molecule has 4 aromatic rings. The van der Waals surface area contributed by atoms with Crippen LogP contribution in [0.2, 0.25) is 0 Å². The van der Waals surface area contributed by atoms with E-state index in [2.05, 4.69) is 34.6 Å². The molecule has 0 aliphatic heterocycles. The SMILES string of the molecule is CC(C)c1ccc(OCC(=O)N/N=C\c2cc(N=Nc3cccc4ccccc34)ccc2O)cc1. The van der Waals surface area contributed by atoms with E-state index in [4.69, 9.17) is 4.74 Å². The number of ether oxygens (including phenoxy) is 1. The van der Waals surface area contributed by atoms with E-state index in [1.807, 2.05) is 66.7 Å². The molecule has 0 bridgehead atoms. The molecule has 0 unspecified atom stereocenters. The zero-order valence-electron chi connectivity index (χ0n) is 19.6. The molecule has 176 valence electrons. The van der Waals surface area contributed by atoms with Gasteiger partial charge in [0, 0.05) is 10.9 Å². The minimum absolute atomic E-state index is 0.00796. The topological polar surface area (TPSA) is 95.6 Å². The molecule has 0 atom stereocenters. The van der Waals surface area contributed by atoms with E-state index < -0.39 is 5.91 Å². The van der Waals surface area contributed by atoms with Crippen molar-refractivity contribution in [2.75, 3.05) is 6.61 Å². The second-order valence-corrected chi connectivity index (χ2v) is 8.25. The summed E-state index contributed by atoms with van der Waals surface area (Å²) in [5, 5.41) is 24.8. The molecule has 7 nitrogen and oxygen atoms in total. The summed E-state index contributed by atoms with van der Waals surface area (Å²) in [6.45, 7) is 4.05. The first kappa shape index (κ1) is 23.6. The van der Waals surface area contributed by atoms with E-state index in [-0.39, 0.29) is 12.4 Å². The van der Waals surface area contributed by atoms with Crippen molar-refractivity contribution < 1.29 is 14.6 Å². The Morgan fingerprint density at radius 1 is 0.971 bits per heavy atom. The Morgan fingerprint density at radius 3 is 2.54 bits per heavy atom. The molecule has 35 heavy (non-hydrogen) atoms. The standard InChI is InChI=1S/C28H26N4O3/c1-19(2)20-10-13-24(14-11-20)35-18-28(34)32-29-17-22-16-23(12-15-27(22)33)30-31-26-9-5-7-21-6-3-4-8-25(21)26/h3-17,19,33H,18H2,1-2H3,(H,32,34)/b29-17-,31-30?. The number of carbonyl (C=O) groups is 1. The Hall–Kier alpha value is -4.52. The highest BCUT2D eigenvalue weighted by molar-refractivity contribution is 5.92. The van der Waals surface area contributed by atoms with Crippen molar-refractivity contribution in [1.29, 1.82) is 0 Å². The smallest absolute Gasteiger partial charge is 0.277 e. The Labute approximate surface area is 203 Å². The third-order valence-corrected chi connectivity index (χ3v) is 5.36. The lowest BCUT2D eigenvalue weighted by atomic mass is 10.0. The first-order valence-corrected chi connectivity index (χ1v) is 11.3. The summed E-state index contributed by atoms with van der Waals surface area (Å²) in [5.41, 5.74) is 5.27. The van der Waals surface area contributed by atoms with E-state index in [0.29, 0.717) is 22.9 Å². The van der Waals surface area contributed by atoms with Gasteiger partial charge in [-0.3, -0.25) is 4.79 Å². The lowest BCUT2D eigenvalue weighted by Gasteiger charge is -2.08. The number of phenols is 1. The normalized spacial score (nSPS) is 11.5. The van der Waals surface area contributed by atoms with Gasteiger partial charge in [0.05, 0.1) is 17.6 Å². The van der Waals surface area contributed by atoms with Gasteiger partial charge in [0.1, 0.15) is 11.5 Å². The van der Waals surface area contributed by atoms with Crippen LogP contribution in [-0.2, 0) is 4.79 Å². The highest BCUT2D eigenvalue weighted by atomic mass is 16.5. The number of amides is 1. The molecule has 4 rings (SSSR count). The monoisotopic (exact) mass is 466 g/mol. The van der Waals surface area contributed by atoms with Crippen molar-refractivity contribution in [2.45, 2.75) is 19.8 Å². The van der Waals surface area contributed by atoms with Crippen LogP contribution in [0.15, 0.2) is 100 Å². The van der Waals surface area contributed by atoms with Gasteiger partial charge in [-0.2, -0.15) is 10.2 Å². The predicted molar refractivity (Wildman–Crippen MR) is 138 cm³/mol. The molecule has 0 aromatic heterocycles. The maximum absolute atomic E-state index is 12.1. The van der Waals surface area contributed by atoms with E-state index in [9.17, 15) is 9.90 Å². The van der Waals surface area contributed by atoms with Crippen molar-refractivity contribution >= 4 is 34.3 Å². The number of carbonyl (C=O) groups excluding carboxylic acids is 1. The molecule has 0 aliphatic rings. The highest BCUT2D eigenvalue weighted by Gasteiger charge is 2.05. The van der Waals surface area contributed by atoms with Gasteiger partial charge in [0.2, 0.25) is 0 Å². The molecule has 0 spiro atoms. The summed E-state index contributed by atoms with van der Waals surface area (Å²) >= 11 is 0. The molecule has 0 fully saturated rings. The van der Waals surface area contributed by atoms with Gasteiger partial charge in [-0.05, 0) is 53.3 Å². The van der Waals surface area contributed by atoms with Gasteiger partial charge in [0.25, 0.3) is 5.91 Å². The molecule has 0 saturated carbocycles. The second kappa shape index (κ2) is 11.1. The van der Waals surface area contributed by atoms with Crippen LogP contribution in [0.25, 0.3) is 10.8 Å². The number of hydrazone groups is 1. The third-order valence-electron chi connectivity index (χ3n) is 5.36. The zero-order chi connectivity index (χ0) is 24.6. The molecule has 7 heteroatoms. The van der Waals surface area contributed by atoms with Crippen molar-refractivity contribution in [1.82, 2.24) is 5.43 Å². The third kappa shape index (κ3) is 6.29. The molecule has 2 N–H and O–H groups in total. The molecule has 1 amide bonds. The lowest BCUT2D eigenvalue weighted by Crippen LogP contribution is -2.24. The summed E-state index contributed by atoms with van der Waals surface area (Å²) in [5.74, 6) is 0.626. The Kier molecular flexibility index (Phi) is 7.47. The van der Waals surface area contributed by atoms with Crippen LogP contribution in [0.5, 0.6) is 11.5 Å². The van der Waals surface area contributed by atoms with E-state index >= 15 is 0 Å². The molecule has 0 saturated heterocycles. The average molecular weight is 467 g/mol. The largest absolute Gasteiger partial charge is 0.507 e. The van der Waals surface area contributed by atoms with Gasteiger partial charge < -0.3 is 9.84 Å². The number of fused-ring (bicyclic) bond motifs is 1. The number of hydrogen-bond donors (Lipinski definition) is 2. The summed E-state index contributed by atoms with van der Waals surface area (Å²) < 4.78 is 5.49. The number of phenolic OH excluding ortho intramolecular Hbond substituents is 1. The fraction of sp³-hybridized carbons (Fsp3) is 0.143. The van der Waals surface area contributed by atoms with Crippen molar-refractivity contribution in [3.8, 4) is 11.5 Å². The van der Waals surface area contributed by atoms with E-state index in [0.717, 1.165) is 16.5 Å². The summed E-state index contributed by atoms with van der Waals surface area (Å²) in [6, 6.07) is 26.2. The van der Waals surface area contributed by atoms with Crippen LogP contribution in [0.4, 0.5) is 11.4 Å². The van der Waals surface area contributed by atoms with Gasteiger partial charge >= 0.3 is 0 Å². The van der Waals surface area contributed by atoms with E-state index in [1.165, 1.54) is 17.8 Å². The fourth-order valence-corrected chi connectivity index (χ4v) is 3.42. The quantitative estimate of drug-likeness (QED) is 0.174. The van der Waals surface area contributed by atoms with Gasteiger partial charge in [-0.15, -0.1) is 5.11 Å². The number of aromatic hydroxyl groups is 1. The van der Waals surface area contributed by atoms with Gasteiger partial charge in [0.15, 0.2) is 6.61 Å². The summed E-state index contributed by atoms with van der Waals surface area (Å²) in [4.78, 5) is 12.1. The van der Waals surface area contributed by atoms with Crippen LogP contribution >= 0.6 is 0 Å². The molecule has 0 aliphatic carbocycles. The average Bonchev–Trinajstić information content (AvgIpc) is 2.88. The molecular formula is C28H26N4O3. The number of hydrogen-bond acceptors (Lipinski definition) is 6. The number of azo groups is 1. The Balaban J connectivity index is 1.36. The number of nitrogens with zero attached hydrogens (tertiary/aromatic N) is 3. The number of nitrogens with one attached hydrogen (secondary N) is 1. The van der Waals surface area contributed by atoms with E-state index in [1.54, 1.807) is 12.1 Å².